The first-order valence-corrected chi connectivity index (χ1v) is 5.29. The molecule has 2 N–H and O–H groups in total. The van der Waals surface area contributed by atoms with Crippen LogP contribution in [-0.4, -0.2) is 13.7 Å². The monoisotopic (exact) mass is 231 g/mol. The normalized spacial score (nSPS) is 10.4. The maximum atomic E-state index is 13.3. The van der Waals surface area contributed by atoms with Gasteiger partial charge in [0.05, 0.1) is 7.11 Å². The minimum Gasteiger partial charge on any atom is -0.493 e. The molecule has 2 nitrogen and oxygen atoms in total. The lowest BCUT2D eigenvalue weighted by atomic mass is 10.1. The highest BCUT2D eigenvalue weighted by atomic mass is 35.5. The summed E-state index contributed by atoms with van der Waals surface area (Å²) in [4.78, 5) is 0. The van der Waals surface area contributed by atoms with Crippen LogP contribution >= 0.6 is 11.6 Å². The number of methoxy groups -OCH3 is 1. The third-order valence-electron chi connectivity index (χ3n) is 2.24. The Hall–Kier alpha value is -0.800. The van der Waals surface area contributed by atoms with E-state index in [4.69, 9.17) is 22.1 Å². The average Bonchev–Trinajstić information content (AvgIpc) is 2.23. The second-order valence-corrected chi connectivity index (χ2v) is 3.69. The van der Waals surface area contributed by atoms with Crippen molar-refractivity contribution in [2.24, 2.45) is 5.73 Å². The molecule has 0 aliphatic carbocycles. The number of hydrogen-bond acceptors (Lipinski definition) is 2. The van der Waals surface area contributed by atoms with Gasteiger partial charge in [0.2, 0.25) is 0 Å². The molecule has 0 radical (unpaired) electrons. The van der Waals surface area contributed by atoms with Crippen molar-refractivity contribution in [3.63, 3.8) is 0 Å². The van der Waals surface area contributed by atoms with Gasteiger partial charge in [0.1, 0.15) is 0 Å². The highest BCUT2D eigenvalue weighted by Crippen LogP contribution is 2.30. The summed E-state index contributed by atoms with van der Waals surface area (Å²) >= 11 is 5.98. The van der Waals surface area contributed by atoms with E-state index in [0.717, 1.165) is 18.4 Å². The Morgan fingerprint density at radius 1 is 1.40 bits per heavy atom. The number of unbranched alkanes of at least 4 members (excludes halogenated alkanes) is 1. The summed E-state index contributed by atoms with van der Waals surface area (Å²) in [6, 6.07) is 2.87. The molecule has 1 rings (SSSR count). The van der Waals surface area contributed by atoms with Gasteiger partial charge < -0.3 is 10.5 Å². The number of ether oxygens (including phenoxy) is 1. The van der Waals surface area contributed by atoms with Crippen molar-refractivity contribution in [1.29, 1.82) is 0 Å². The molecule has 0 aromatic heterocycles. The van der Waals surface area contributed by atoms with Crippen molar-refractivity contribution in [1.82, 2.24) is 0 Å². The van der Waals surface area contributed by atoms with E-state index in [-0.39, 0.29) is 11.6 Å². The van der Waals surface area contributed by atoms with Crippen molar-refractivity contribution in [2.45, 2.75) is 19.3 Å². The highest BCUT2D eigenvalue weighted by Gasteiger charge is 2.12. The van der Waals surface area contributed by atoms with E-state index in [0.29, 0.717) is 18.0 Å². The minimum absolute atomic E-state index is 0.250. The fourth-order valence-electron chi connectivity index (χ4n) is 1.47. The molecule has 0 bridgehead atoms. The molecule has 4 heteroatoms. The number of nitrogens with two attached hydrogens (primary N) is 1. The van der Waals surface area contributed by atoms with Crippen LogP contribution in [-0.2, 0) is 6.42 Å². The number of rotatable bonds is 5. The van der Waals surface area contributed by atoms with Gasteiger partial charge >= 0.3 is 0 Å². The van der Waals surface area contributed by atoms with Gasteiger partial charge in [-0.1, -0.05) is 11.6 Å². The van der Waals surface area contributed by atoms with Crippen LogP contribution in [0.4, 0.5) is 4.39 Å². The third-order valence-corrected chi connectivity index (χ3v) is 2.59. The zero-order valence-electron chi connectivity index (χ0n) is 8.72. The molecule has 0 saturated heterocycles. The lowest BCUT2D eigenvalue weighted by Gasteiger charge is -2.10. The van der Waals surface area contributed by atoms with Crippen molar-refractivity contribution in [3.05, 3.63) is 28.5 Å². The van der Waals surface area contributed by atoms with Gasteiger partial charge in [-0.05, 0) is 37.9 Å². The van der Waals surface area contributed by atoms with E-state index >= 15 is 0 Å². The Morgan fingerprint density at radius 2 is 2.13 bits per heavy atom. The summed E-state index contributed by atoms with van der Waals surface area (Å²) < 4.78 is 18.3. The Labute approximate surface area is 94.2 Å². The van der Waals surface area contributed by atoms with Gasteiger partial charge in [-0.25, -0.2) is 4.39 Å². The van der Waals surface area contributed by atoms with Crippen LogP contribution in [0.25, 0.3) is 0 Å². The van der Waals surface area contributed by atoms with Crippen LogP contribution in [0.5, 0.6) is 5.75 Å². The fourth-order valence-corrected chi connectivity index (χ4v) is 1.72. The van der Waals surface area contributed by atoms with Gasteiger partial charge in [-0.15, -0.1) is 0 Å². The number of halogens is 2. The van der Waals surface area contributed by atoms with Crippen molar-refractivity contribution in [2.75, 3.05) is 13.7 Å². The lowest BCUT2D eigenvalue weighted by Crippen LogP contribution is -2.01. The van der Waals surface area contributed by atoms with Crippen LogP contribution in [0, 0.1) is 5.82 Å². The third kappa shape index (κ3) is 3.08. The summed E-state index contributed by atoms with van der Waals surface area (Å²) in [5.41, 5.74) is 6.12. The highest BCUT2D eigenvalue weighted by molar-refractivity contribution is 6.31. The standard InChI is InChI=1S/C11H15ClFNO/c1-15-11-8(4-2-3-7-14)9(12)5-6-10(11)13/h5-6H,2-4,7,14H2,1H3. The predicted octanol–water partition coefficient (Wildman–Crippen LogP) is 2.77. The molecule has 0 heterocycles. The summed E-state index contributed by atoms with van der Waals surface area (Å²) in [6.07, 6.45) is 2.48. The van der Waals surface area contributed by atoms with E-state index in [2.05, 4.69) is 0 Å². The molecule has 84 valence electrons. The lowest BCUT2D eigenvalue weighted by molar-refractivity contribution is 0.381. The first kappa shape index (κ1) is 12.3. The van der Waals surface area contributed by atoms with Gasteiger partial charge in [0, 0.05) is 10.6 Å². The average molecular weight is 232 g/mol. The molecule has 0 saturated carbocycles. The Kier molecular flexibility index (Phi) is 4.85. The molecule has 1 aromatic carbocycles. The minimum atomic E-state index is -0.371. The fraction of sp³-hybridized carbons (Fsp3) is 0.455. The van der Waals surface area contributed by atoms with Crippen molar-refractivity contribution >= 4 is 11.6 Å². The first-order valence-electron chi connectivity index (χ1n) is 4.91. The zero-order chi connectivity index (χ0) is 11.3. The Balaban J connectivity index is 2.87. The summed E-state index contributed by atoms with van der Waals surface area (Å²) in [5, 5.41) is 0.547. The van der Waals surface area contributed by atoms with Crippen molar-refractivity contribution < 1.29 is 9.13 Å². The van der Waals surface area contributed by atoms with Crippen LogP contribution in [0.1, 0.15) is 18.4 Å². The Morgan fingerprint density at radius 3 is 2.73 bits per heavy atom. The molecular formula is C11H15ClFNO. The van der Waals surface area contributed by atoms with Gasteiger partial charge in [-0.3, -0.25) is 0 Å². The molecule has 0 aliphatic rings. The van der Waals surface area contributed by atoms with Crippen LogP contribution in [0.3, 0.4) is 0 Å². The largest absolute Gasteiger partial charge is 0.493 e. The second-order valence-electron chi connectivity index (χ2n) is 3.29. The maximum absolute atomic E-state index is 13.3. The molecule has 0 amide bonds. The Bertz CT molecular complexity index is 331. The first-order chi connectivity index (χ1) is 7.20. The molecule has 1 aromatic rings. The topological polar surface area (TPSA) is 35.2 Å². The SMILES string of the molecule is COc1c(F)ccc(Cl)c1CCCCN. The van der Waals surface area contributed by atoms with Crippen molar-refractivity contribution in [3.8, 4) is 5.75 Å². The molecule has 0 aliphatic heterocycles. The molecular weight excluding hydrogens is 217 g/mol. The van der Waals surface area contributed by atoms with E-state index in [1.54, 1.807) is 6.07 Å². The molecule has 0 unspecified atom stereocenters. The quantitative estimate of drug-likeness (QED) is 0.791. The predicted molar refractivity (Wildman–Crippen MR) is 60.0 cm³/mol. The molecule has 0 spiro atoms. The van der Waals surface area contributed by atoms with Gasteiger partial charge in [0.25, 0.3) is 0 Å². The summed E-state index contributed by atoms with van der Waals surface area (Å²) in [5.74, 6) is -0.121. The van der Waals surface area contributed by atoms with Gasteiger partial charge in [-0.2, -0.15) is 0 Å². The van der Waals surface area contributed by atoms with E-state index in [1.807, 2.05) is 0 Å². The molecule has 15 heavy (non-hydrogen) atoms. The second kappa shape index (κ2) is 5.93. The zero-order valence-corrected chi connectivity index (χ0v) is 9.48. The van der Waals surface area contributed by atoms with E-state index in [1.165, 1.54) is 13.2 Å². The molecule has 0 fully saturated rings. The maximum Gasteiger partial charge on any atom is 0.165 e. The van der Waals surface area contributed by atoms with Crippen LogP contribution in [0.2, 0.25) is 5.02 Å². The summed E-state index contributed by atoms with van der Waals surface area (Å²) in [6.45, 7) is 0.634. The number of hydrogen-bond donors (Lipinski definition) is 1. The van der Waals surface area contributed by atoms with Crippen LogP contribution in [0.15, 0.2) is 12.1 Å². The van der Waals surface area contributed by atoms with E-state index < -0.39 is 0 Å². The smallest absolute Gasteiger partial charge is 0.165 e. The van der Waals surface area contributed by atoms with Gasteiger partial charge in [0.15, 0.2) is 11.6 Å². The summed E-state index contributed by atoms with van der Waals surface area (Å²) in [7, 11) is 1.45. The van der Waals surface area contributed by atoms with Crippen LogP contribution < -0.4 is 10.5 Å². The number of benzene rings is 1. The van der Waals surface area contributed by atoms with E-state index in [9.17, 15) is 4.39 Å². The molecule has 0 atom stereocenters.